The third-order valence-electron chi connectivity index (χ3n) is 5.67. The van der Waals surface area contributed by atoms with Crippen molar-refractivity contribution in [1.29, 1.82) is 5.26 Å². The van der Waals surface area contributed by atoms with Crippen LogP contribution in [0.4, 0.5) is 0 Å². The van der Waals surface area contributed by atoms with E-state index in [2.05, 4.69) is 13.0 Å². The molecule has 134 valence electrons. The highest BCUT2D eigenvalue weighted by molar-refractivity contribution is 5.84. The largest absolute Gasteiger partial charge is 0.340 e. The second-order valence-electron chi connectivity index (χ2n) is 7.87. The number of piperidine rings is 1. The van der Waals surface area contributed by atoms with Gasteiger partial charge in [-0.1, -0.05) is 25.1 Å². The summed E-state index contributed by atoms with van der Waals surface area (Å²) >= 11 is 0. The number of fused-ring (bicyclic) bond motifs is 1. The van der Waals surface area contributed by atoms with E-state index < -0.39 is 0 Å². The van der Waals surface area contributed by atoms with E-state index in [1.54, 1.807) is 6.07 Å². The zero-order valence-corrected chi connectivity index (χ0v) is 15.1. The van der Waals surface area contributed by atoms with Gasteiger partial charge in [0, 0.05) is 30.1 Å². The van der Waals surface area contributed by atoms with Crippen molar-refractivity contribution in [3.05, 3.63) is 41.6 Å². The Labute approximate surface area is 153 Å². The lowest BCUT2D eigenvalue weighted by molar-refractivity contribution is -0.135. The predicted molar refractivity (Wildman–Crippen MR) is 100 cm³/mol. The van der Waals surface area contributed by atoms with Gasteiger partial charge in [0.25, 0.3) is 0 Å². The monoisotopic (exact) mass is 348 g/mol. The summed E-state index contributed by atoms with van der Waals surface area (Å²) < 4.78 is 0. The average molecular weight is 348 g/mol. The molecule has 0 radical (unpaired) electrons. The number of nitrogens with zero attached hydrogens (tertiary/aromatic N) is 3. The molecule has 3 atom stereocenters. The lowest BCUT2D eigenvalue weighted by Gasteiger charge is -2.37. The van der Waals surface area contributed by atoms with E-state index in [9.17, 15) is 10.1 Å². The zero-order valence-electron chi connectivity index (χ0n) is 15.1. The molecule has 4 rings (SSSR count). The average Bonchev–Trinajstić information content (AvgIpc) is 3.50. The number of carbonyl (C=O) groups is 1. The molecular weight excluding hydrogens is 324 g/mol. The van der Waals surface area contributed by atoms with Crippen LogP contribution in [-0.4, -0.2) is 34.9 Å². The maximum absolute atomic E-state index is 12.8. The van der Waals surface area contributed by atoms with Crippen molar-refractivity contribution < 1.29 is 4.79 Å². The maximum Gasteiger partial charge on any atom is 0.239 e. The Morgan fingerprint density at radius 2 is 2.12 bits per heavy atom. The Kier molecular flexibility index (Phi) is 4.37. The number of hydrogen-bond acceptors (Lipinski definition) is 4. The summed E-state index contributed by atoms with van der Waals surface area (Å²) in [6, 6.07) is 11.6. The van der Waals surface area contributed by atoms with Crippen LogP contribution in [0, 0.1) is 23.2 Å². The molecule has 1 aromatic carbocycles. The van der Waals surface area contributed by atoms with Gasteiger partial charge in [-0.15, -0.1) is 0 Å². The van der Waals surface area contributed by atoms with Gasteiger partial charge in [-0.05, 0) is 43.2 Å². The molecule has 1 aliphatic heterocycles. The van der Waals surface area contributed by atoms with Crippen LogP contribution in [0.15, 0.2) is 30.3 Å². The van der Waals surface area contributed by atoms with Crippen molar-refractivity contribution in [3.8, 4) is 6.07 Å². The smallest absolute Gasteiger partial charge is 0.239 e. The third-order valence-corrected chi connectivity index (χ3v) is 5.67. The SMILES string of the molecule is C[C@H]1C[C@H](c2ccc3cccc(C#N)c3n2)CN(C(=O)[C@@H](N)C2CC2)C1. The first-order chi connectivity index (χ1) is 12.6. The first-order valence-corrected chi connectivity index (χ1v) is 9.41. The van der Waals surface area contributed by atoms with E-state index in [1.807, 2.05) is 29.2 Å². The maximum atomic E-state index is 12.8. The number of benzene rings is 1. The number of hydrogen-bond donors (Lipinski definition) is 1. The lowest BCUT2D eigenvalue weighted by atomic mass is 9.87. The molecule has 2 heterocycles. The second kappa shape index (κ2) is 6.69. The first-order valence-electron chi connectivity index (χ1n) is 9.41. The normalized spacial score (nSPS) is 24.3. The molecule has 26 heavy (non-hydrogen) atoms. The van der Waals surface area contributed by atoms with Crippen molar-refractivity contribution in [3.63, 3.8) is 0 Å². The van der Waals surface area contributed by atoms with Crippen molar-refractivity contribution in [2.75, 3.05) is 13.1 Å². The second-order valence-corrected chi connectivity index (χ2v) is 7.87. The van der Waals surface area contributed by atoms with Crippen LogP contribution in [0.2, 0.25) is 0 Å². The molecule has 2 N–H and O–H groups in total. The summed E-state index contributed by atoms with van der Waals surface area (Å²) in [6.45, 7) is 3.61. The van der Waals surface area contributed by atoms with E-state index in [4.69, 9.17) is 10.7 Å². The topological polar surface area (TPSA) is 83.0 Å². The number of rotatable bonds is 3. The van der Waals surface area contributed by atoms with Crippen LogP contribution in [0.25, 0.3) is 10.9 Å². The molecule has 1 amide bonds. The van der Waals surface area contributed by atoms with Gasteiger partial charge in [-0.25, -0.2) is 0 Å². The van der Waals surface area contributed by atoms with Crippen LogP contribution in [0.5, 0.6) is 0 Å². The Morgan fingerprint density at radius 3 is 2.85 bits per heavy atom. The van der Waals surface area contributed by atoms with Gasteiger partial charge >= 0.3 is 0 Å². The van der Waals surface area contributed by atoms with E-state index in [0.29, 0.717) is 23.9 Å². The molecule has 0 spiro atoms. The van der Waals surface area contributed by atoms with Crippen molar-refractivity contribution in [2.45, 2.75) is 38.1 Å². The quantitative estimate of drug-likeness (QED) is 0.924. The van der Waals surface area contributed by atoms with Gasteiger partial charge in [0.2, 0.25) is 5.91 Å². The minimum Gasteiger partial charge on any atom is -0.340 e. The highest BCUT2D eigenvalue weighted by atomic mass is 16.2. The molecule has 1 saturated carbocycles. The summed E-state index contributed by atoms with van der Waals surface area (Å²) in [7, 11) is 0. The zero-order chi connectivity index (χ0) is 18.3. The van der Waals surface area contributed by atoms with E-state index in [0.717, 1.165) is 42.4 Å². The first kappa shape index (κ1) is 17.0. The lowest BCUT2D eigenvalue weighted by Crippen LogP contribution is -2.50. The number of para-hydroxylation sites is 1. The number of carbonyl (C=O) groups excluding carboxylic acids is 1. The Bertz CT molecular complexity index is 883. The summed E-state index contributed by atoms with van der Waals surface area (Å²) in [5.74, 6) is 1.05. The van der Waals surface area contributed by atoms with Crippen LogP contribution >= 0.6 is 0 Å². The summed E-state index contributed by atoms with van der Waals surface area (Å²) in [5, 5.41) is 10.3. The molecule has 1 saturated heterocycles. The highest BCUT2D eigenvalue weighted by Crippen LogP contribution is 2.35. The van der Waals surface area contributed by atoms with Gasteiger partial charge in [0.1, 0.15) is 6.07 Å². The van der Waals surface area contributed by atoms with E-state index in [-0.39, 0.29) is 17.9 Å². The fourth-order valence-corrected chi connectivity index (χ4v) is 4.09. The number of pyridine rings is 1. The van der Waals surface area contributed by atoms with Crippen LogP contribution < -0.4 is 5.73 Å². The minimum absolute atomic E-state index is 0.0857. The van der Waals surface area contributed by atoms with Gasteiger partial charge in [0.15, 0.2) is 0 Å². The fraction of sp³-hybridized carbons (Fsp3) is 0.476. The molecule has 1 aromatic heterocycles. The molecule has 2 fully saturated rings. The predicted octanol–water partition coefficient (Wildman–Crippen LogP) is 2.80. The summed E-state index contributed by atoms with van der Waals surface area (Å²) in [4.78, 5) is 19.5. The molecule has 2 aromatic rings. The fourth-order valence-electron chi connectivity index (χ4n) is 4.09. The number of likely N-dealkylation sites (tertiary alicyclic amines) is 1. The molecular formula is C21H24N4O. The van der Waals surface area contributed by atoms with Gasteiger partial charge < -0.3 is 10.6 Å². The van der Waals surface area contributed by atoms with E-state index in [1.165, 1.54) is 0 Å². The molecule has 5 nitrogen and oxygen atoms in total. The number of nitrogens with two attached hydrogens (primary N) is 1. The molecule has 2 aliphatic rings. The Balaban J connectivity index is 1.61. The van der Waals surface area contributed by atoms with E-state index >= 15 is 0 Å². The third kappa shape index (κ3) is 3.17. The van der Waals surface area contributed by atoms with Crippen molar-refractivity contribution in [2.24, 2.45) is 17.6 Å². The van der Waals surface area contributed by atoms with Crippen molar-refractivity contribution >= 4 is 16.8 Å². The van der Waals surface area contributed by atoms with Crippen LogP contribution in [0.3, 0.4) is 0 Å². The number of aromatic nitrogens is 1. The Morgan fingerprint density at radius 1 is 1.31 bits per heavy atom. The minimum atomic E-state index is -0.351. The van der Waals surface area contributed by atoms with Gasteiger partial charge in [-0.2, -0.15) is 5.26 Å². The number of nitriles is 1. The van der Waals surface area contributed by atoms with Gasteiger partial charge in [-0.3, -0.25) is 9.78 Å². The van der Waals surface area contributed by atoms with Crippen LogP contribution in [-0.2, 0) is 4.79 Å². The molecule has 0 bridgehead atoms. The standard InChI is InChI=1S/C21H24N4O/c1-13-9-17(12-25(11-13)21(26)19(23)14-5-6-14)18-8-7-15-3-2-4-16(10-22)20(15)24-18/h2-4,7-8,13-14,17,19H,5-6,9,11-12,23H2,1H3/t13-,17-,19-/m0/s1. The Hall–Kier alpha value is -2.45. The van der Waals surface area contributed by atoms with Gasteiger partial charge in [0.05, 0.1) is 17.1 Å². The highest BCUT2D eigenvalue weighted by Gasteiger charge is 2.38. The summed E-state index contributed by atoms with van der Waals surface area (Å²) in [6.07, 6.45) is 3.14. The molecule has 5 heteroatoms. The molecule has 1 aliphatic carbocycles. The number of amides is 1. The summed E-state index contributed by atoms with van der Waals surface area (Å²) in [5.41, 5.74) is 8.46. The molecule has 0 unspecified atom stereocenters. The van der Waals surface area contributed by atoms with Crippen molar-refractivity contribution in [1.82, 2.24) is 9.88 Å². The van der Waals surface area contributed by atoms with Crippen LogP contribution in [0.1, 0.15) is 43.4 Å².